The summed E-state index contributed by atoms with van der Waals surface area (Å²) < 4.78 is 5.56. The van der Waals surface area contributed by atoms with Crippen LogP contribution in [0.2, 0.25) is 10.0 Å². The highest BCUT2D eigenvalue weighted by atomic mass is 35.5. The molecular formula is C15H19Cl2NO2. The van der Waals surface area contributed by atoms with Gasteiger partial charge in [-0.25, -0.2) is 0 Å². The van der Waals surface area contributed by atoms with Crippen LogP contribution >= 0.6 is 23.2 Å². The van der Waals surface area contributed by atoms with Gasteiger partial charge in [0.2, 0.25) is 5.91 Å². The molecule has 110 valence electrons. The fraction of sp³-hybridized carbons (Fsp3) is 0.533. The summed E-state index contributed by atoms with van der Waals surface area (Å²) in [7, 11) is 0. The topological polar surface area (TPSA) is 38.3 Å². The second kappa shape index (κ2) is 7.30. The highest BCUT2D eigenvalue weighted by Crippen LogP contribution is 2.22. The maximum absolute atomic E-state index is 11.9. The number of carbonyl (C=O) groups is 1. The Hall–Kier alpha value is -0.770. The summed E-state index contributed by atoms with van der Waals surface area (Å²) >= 11 is 11.9. The lowest BCUT2D eigenvalue weighted by molar-refractivity contribution is -0.122. The fourth-order valence-corrected chi connectivity index (χ4v) is 2.89. The molecule has 1 amide bonds. The van der Waals surface area contributed by atoms with E-state index >= 15 is 0 Å². The molecule has 5 heteroatoms. The number of halogens is 2. The molecule has 20 heavy (non-hydrogen) atoms. The number of aryl methyl sites for hydroxylation is 1. The predicted octanol–water partition coefficient (Wildman–Crippen LogP) is 3.61. The van der Waals surface area contributed by atoms with Crippen LogP contribution in [0.4, 0.5) is 0 Å². The van der Waals surface area contributed by atoms with E-state index in [-0.39, 0.29) is 18.1 Å². The summed E-state index contributed by atoms with van der Waals surface area (Å²) in [6.45, 7) is 2.79. The van der Waals surface area contributed by atoms with Gasteiger partial charge in [0.1, 0.15) is 0 Å². The van der Waals surface area contributed by atoms with Gasteiger partial charge in [-0.15, -0.1) is 0 Å². The molecule has 3 nitrogen and oxygen atoms in total. The Balaban J connectivity index is 1.79. The molecule has 2 rings (SSSR count). The standard InChI is InChI=1S/C15H19Cl2NO2/c1-10(14-3-2-8-20-14)18-15(19)7-5-11-4-6-12(16)9-13(11)17/h4,6,9-10,14H,2-3,5,7-8H2,1H3,(H,18,19)/t10-,14+/m0/s1. The van der Waals surface area contributed by atoms with E-state index in [4.69, 9.17) is 27.9 Å². The largest absolute Gasteiger partial charge is 0.376 e. The molecule has 1 aliphatic heterocycles. The van der Waals surface area contributed by atoms with Crippen molar-refractivity contribution in [2.75, 3.05) is 6.61 Å². The van der Waals surface area contributed by atoms with Gasteiger partial charge < -0.3 is 10.1 Å². The van der Waals surface area contributed by atoms with Gasteiger partial charge in [-0.2, -0.15) is 0 Å². The highest BCUT2D eigenvalue weighted by molar-refractivity contribution is 6.35. The van der Waals surface area contributed by atoms with Crippen LogP contribution in [-0.2, 0) is 16.0 Å². The molecule has 0 unspecified atom stereocenters. The average molecular weight is 316 g/mol. The summed E-state index contributed by atoms with van der Waals surface area (Å²) in [6, 6.07) is 5.41. The number of hydrogen-bond donors (Lipinski definition) is 1. The van der Waals surface area contributed by atoms with Crippen LogP contribution in [0.1, 0.15) is 31.7 Å². The Bertz CT molecular complexity index is 473. The third-order valence-electron chi connectivity index (χ3n) is 3.55. The summed E-state index contributed by atoms with van der Waals surface area (Å²) in [5.41, 5.74) is 0.941. The lowest BCUT2D eigenvalue weighted by atomic mass is 10.1. The average Bonchev–Trinajstić information content (AvgIpc) is 2.91. The summed E-state index contributed by atoms with van der Waals surface area (Å²) in [4.78, 5) is 11.9. The van der Waals surface area contributed by atoms with Crippen LogP contribution in [0, 0.1) is 0 Å². The Labute approximate surface area is 129 Å². The summed E-state index contributed by atoms with van der Waals surface area (Å²) in [5, 5.41) is 4.21. The maximum Gasteiger partial charge on any atom is 0.220 e. The number of hydrogen-bond acceptors (Lipinski definition) is 2. The molecule has 2 atom stereocenters. The first-order chi connectivity index (χ1) is 9.56. The van der Waals surface area contributed by atoms with Gasteiger partial charge in [-0.1, -0.05) is 29.3 Å². The molecular weight excluding hydrogens is 297 g/mol. The van der Waals surface area contributed by atoms with Crippen LogP contribution < -0.4 is 5.32 Å². The minimum atomic E-state index is 0.0269. The molecule has 0 spiro atoms. The molecule has 1 fully saturated rings. The molecule has 1 saturated heterocycles. The Morgan fingerprint density at radius 1 is 1.50 bits per heavy atom. The third-order valence-corrected chi connectivity index (χ3v) is 4.13. The van der Waals surface area contributed by atoms with E-state index in [0.29, 0.717) is 22.9 Å². The van der Waals surface area contributed by atoms with Crippen molar-refractivity contribution in [2.45, 2.75) is 44.8 Å². The zero-order valence-corrected chi connectivity index (χ0v) is 13.0. The number of nitrogens with one attached hydrogen (secondary N) is 1. The van der Waals surface area contributed by atoms with Gasteiger partial charge in [-0.05, 0) is 43.9 Å². The monoisotopic (exact) mass is 315 g/mol. The molecule has 1 aromatic rings. The lowest BCUT2D eigenvalue weighted by Gasteiger charge is -2.20. The third kappa shape index (κ3) is 4.37. The normalized spacial score (nSPS) is 19.9. The molecule has 0 radical (unpaired) electrons. The molecule has 0 bridgehead atoms. The van der Waals surface area contributed by atoms with Crippen molar-refractivity contribution in [1.29, 1.82) is 0 Å². The highest BCUT2D eigenvalue weighted by Gasteiger charge is 2.23. The second-order valence-electron chi connectivity index (χ2n) is 5.14. The van der Waals surface area contributed by atoms with Gasteiger partial charge in [0.25, 0.3) is 0 Å². The molecule has 0 aromatic heterocycles. The zero-order chi connectivity index (χ0) is 14.5. The Kier molecular flexibility index (Phi) is 5.70. The summed E-state index contributed by atoms with van der Waals surface area (Å²) in [6.07, 6.45) is 3.27. The zero-order valence-electron chi connectivity index (χ0n) is 11.5. The molecule has 0 saturated carbocycles. The van der Waals surface area contributed by atoms with Crippen molar-refractivity contribution >= 4 is 29.1 Å². The quantitative estimate of drug-likeness (QED) is 0.901. The van der Waals surface area contributed by atoms with E-state index in [1.165, 1.54) is 0 Å². The fourth-order valence-electron chi connectivity index (χ4n) is 2.39. The molecule has 1 N–H and O–H groups in total. The van der Waals surface area contributed by atoms with Crippen molar-refractivity contribution in [3.63, 3.8) is 0 Å². The van der Waals surface area contributed by atoms with Gasteiger partial charge >= 0.3 is 0 Å². The van der Waals surface area contributed by atoms with Gasteiger partial charge in [0, 0.05) is 23.1 Å². The molecule has 1 aliphatic rings. The van der Waals surface area contributed by atoms with Crippen LogP contribution in [0.3, 0.4) is 0 Å². The van der Waals surface area contributed by atoms with Crippen LogP contribution in [0.5, 0.6) is 0 Å². The minimum absolute atomic E-state index is 0.0269. The van der Waals surface area contributed by atoms with Crippen LogP contribution in [-0.4, -0.2) is 24.7 Å². The number of rotatable bonds is 5. The van der Waals surface area contributed by atoms with Gasteiger partial charge in [-0.3, -0.25) is 4.79 Å². The summed E-state index contributed by atoms with van der Waals surface area (Å²) in [5.74, 6) is 0.0269. The van der Waals surface area contributed by atoms with E-state index in [0.717, 1.165) is 25.0 Å². The first-order valence-corrected chi connectivity index (χ1v) is 7.67. The van der Waals surface area contributed by atoms with E-state index in [9.17, 15) is 4.79 Å². The second-order valence-corrected chi connectivity index (χ2v) is 5.99. The smallest absolute Gasteiger partial charge is 0.220 e. The van der Waals surface area contributed by atoms with Crippen LogP contribution in [0.15, 0.2) is 18.2 Å². The van der Waals surface area contributed by atoms with E-state index in [1.807, 2.05) is 13.0 Å². The molecule has 0 aliphatic carbocycles. The SMILES string of the molecule is C[C@H](NC(=O)CCc1ccc(Cl)cc1Cl)[C@H]1CCCO1. The lowest BCUT2D eigenvalue weighted by Crippen LogP contribution is -2.40. The number of ether oxygens (including phenoxy) is 1. The van der Waals surface area contributed by atoms with Crippen molar-refractivity contribution in [1.82, 2.24) is 5.32 Å². The predicted molar refractivity (Wildman–Crippen MR) is 81.4 cm³/mol. The van der Waals surface area contributed by atoms with Crippen molar-refractivity contribution in [3.8, 4) is 0 Å². The van der Waals surface area contributed by atoms with E-state index in [2.05, 4.69) is 5.32 Å². The Morgan fingerprint density at radius 3 is 2.95 bits per heavy atom. The number of benzene rings is 1. The number of amides is 1. The van der Waals surface area contributed by atoms with Gasteiger partial charge in [0.15, 0.2) is 0 Å². The van der Waals surface area contributed by atoms with E-state index < -0.39 is 0 Å². The van der Waals surface area contributed by atoms with Gasteiger partial charge in [0.05, 0.1) is 12.1 Å². The first kappa shape index (κ1) is 15.6. The van der Waals surface area contributed by atoms with Crippen molar-refractivity contribution < 1.29 is 9.53 Å². The number of carbonyl (C=O) groups excluding carboxylic acids is 1. The maximum atomic E-state index is 11.9. The van der Waals surface area contributed by atoms with Crippen molar-refractivity contribution in [2.24, 2.45) is 0 Å². The molecule has 1 heterocycles. The van der Waals surface area contributed by atoms with E-state index in [1.54, 1.807) is 12.1 Å². The molecule has 1 aromatic carbocycles. The first-order valence-electron chi connectivity index (χ1n) is 6.91. The van der Waals surface area contributed by atoms with Crippen molar-refractivity contribution in [3.05, 3.63) is 33.8 Å². The van der Waals surface area contributed by atoms with Crippen LogP contribution in [0.25, 0.3) is 0 Å². The minimum Gasteiger partial charge on any atom is -0.376 e. The Morgan fingerprint density at radius 2 is 2.30 bits per heavy atom.